The fourth-order valence-electron chi connectivity index (χ4n) is 0.937. The largest absolute Gasteiger partial charge is 0.376 e. The Labute approximate surface area is 80.0 Å². The first kappa shape index (κ1) is 9.71. The summed E-state index contributed by atoms with van der Waals surface area (Å²) in [6.07, 6.45) is 1.84. The van der Waals surface area contributed by atoms with Gasteiger partial charge in [0.25, 0.3) is 0 Å². The monoisotopic (exact) mass is 207 g/mol. The van der Waals surface area contributed by atoms with Crippen LogP contribution in [0.3, 0.4) is 0 Å². The molecule has 0 saturated heterocycles. The van der Waals surface area contributed by atoms with E-state index in [1.165, 1.54) is 7.11 Å². The van der Waals surface area contributed by atoms with Gasteiger partial charge in [-0.25, -0.2) is 4.99 Å². The third-order valence-corrected chi connectivity index (χ3v) is 2.11. The van der Waals surface area contributed by atoms with Gasteiger partial charge in [0.15, 0.2) is 0 Å². The van der Waals surface area contributed by atoms with E-state index in [1.807, 2.05) is 0 Å². The lowest BCUT2D eigenvalue weighted by atomic mass is 10.0. The second-order valence-corrected chi connectivity index (χ2v) is 3.06. The van der Waals surface area contributed by atoms with Crippen LogP contribution in [-0.4, -0.2) is 24.7 Å². The molecule has 0 amide bonds. The Hall–Kier alpha value is -0.380. The number of ether oxygens (including phenoxy) is 1. The molecule has 0 aromatic heterocycles. The van der Waals surface area contributed by atoms with Gasteiger partial charge in [0.05, 0.1) is 12.0 Å². The molecule has 0 aromatic rings. The first-order valence-corrected chi connectivity index (χ1v) is 4.04. The second kappa shape index (κ2) is 4.03. The highest BCUT2D eigenvalue weighted by molar-refractivity contribution is 6.67. The molecule has 2 atom stereocenters. The maximum absolute atomic E-state index is 10.5. The van der Waals surface area contributed by atoms with E-state index in [0.717, 1.165) is 0 Å². The number of carbonyl (C=O) groups excluding carboxylic acids is 1. The second-order valence-electron chi connectivity index (χ2n) is 2.29. The zero-order valence-electron chi connectivity index (χ0n) is 6.33. The number of aldehydes is 1. The van der Waals surface area contributed by atoms with E-state index in [4.69, 9.17) is 27.9 Å². The molecule has 0 fully saturated rings. The van der Waals surface area contributed by atoms with Crippen molar-refractivity contribution in [1.82, 2.24) is 0 Å². The van der Waals surface area contributed by atoms with Gasteiger partial charge >= 0.3 is 0 Å². The zero-order valence-corrected chi connectivity index (χ0v) is 7.84. The predicted molar refractivity (Wildman–Crippen MR) is 47.6 cm³/mol. The van der Waals surface area contributed by atoms with Gasteiger partial charge in [0.2, 0.25) is 0 Å². The molecule has 12 heavy (non-hydrogen) atoms. The van der Waals surface area contributed by atoms with Gasteiger partial charge in [-0.05, 0) is 6.08 Å². The number of hydrogen-bond donors (Lipinski definition) is 0. The Morgan fingerprint density at radius 3 is 2.83 bits per heavy atom. The smallest absolute Gasteiger partial charge is 0.132 e. The first-order chi connectivity index (χ1) is 5.69. The average Bonchev–Trinajstić information content (AvgIpc) is 2.03. The van der Waals surface area contributed by atoms with Gasteiger partial charge in [-0.1, -0.05) is 23.2 Å². The maximum Gasteiger partial charge on any atom is 0.132 e. The molecule has 0 saturated carbocycles. The molecule has 1 rings (SSSR count). The minimum absolute atomic E-state index is 0.171. The number of methoxy groups -OCH3 is 1. The molecule has 0 N–H and O–H groups in total. The quantitative estimate of drug-likeness (QED) is 0.510. The summed E-state index contributed by atoms with van der Waals surface area (Å²) in [6, 6.07) is 0. The summed E-state index contributed by atoms with van der Waals surface area (Å²) >= 11 is 11.3. The molecule has 0 aliphatic carbocycles. The van der Waals surface area contributed by atoms with Crippen molar-refractivity contribution in [3.63, 3.8) is 0 Å². The van der Waals surface area contributed by atoms with E-state index in [2.05, 4.69) is 4.99 Å². The van der Waals surface area contributed by atoms with Crippen LogP contribution in [0.15, 0.2) is 16.2 Å². The average molecular weight is 208 g/mol. The molecule has 3 nitrogen and oxygen atoms in total. The molecule has 1 heterocycles. The van der Waals surface area contributed by atoms with E-state index in [1.54, 1.807) is 6.08 Å². The van der Waals surface area contributed by atoms with Gasteiger partial charge in [0, 0.05) is 7.11 Å². The normalized spacial score (nSPS) is 29.2. The number of carbonyl (C=O) groups is 1. The molecule has 0 radical (unpaired) electrons. The van der Waals surface area contributed by atoms with Crippen molar-refractivity contribution >= 4 is 34.7 Å². The highest BCUT2D eigenvalue weighted by Gasteiger charge is 2.27. The minimum Gasteiger partial charge on any atom is -0.376 e. The van der Waals surface area contributed by atoms with Crippen LogP contribution in [-0.2, 0) is 9.53 Å². The van der Waals surface area contributed by atoms with Gasteiger partial charge in [0.1, 0.15) is 16.6 Å². The lowest BCUT2D eigenvalue weighted by molar-refractivity contribution is -0.111. The summed E-state index contributed by atoms with van der Waals surface area (Å²) in [5.41, 5.74) is 0. The lowest BCUT2D eigenvalue weighted by Gasteiger charge is -2.20. The Morgan fingerprint density at radius 1 is 1.67 bits per heavy atom. The third-order valence-electron chi connectivity index (χ3n) is 1.56. The summed E-state index contributed by atoms with van der Waals surface area (Å²) in [6.45, 7) is 0. The number of halogens is 2. The molecular weight excluding hydrogens is 201 g/mol. The van der Waals surface area contributed by atoms with Crippen molar-refractivity contribution < 1.29 is 9.53 Å². The van der Waals surface area contributed by atoms with Crippen LogP contribution in [0.1, 0.15) is 0 Å². The lowest BCUT2D eigenvalue weighted by Crippen LogP contribution is -2.29. The van der Waals surface area contributed by atoms with Crippen molar-refractivity contribution in [3.8, 4) is 0 Å². The van der Waals surface area contributed by atoms with Crippen LogP contribution in [0.25, 0.3) is 0 Å². The maximum atomic E-state index is 10.5. The third kappa shape index (κ3) is 1.86. The van der Waals surface area contributed by atoms with Crippen molar-refractivity contribution in [2.24, 2.45) is 10.9 Å². The topological polar surface area (TPSA) is 38.7 Å². The molecule has 0 bridgehead atoms. The fraction of sp³-hybridized carbons (Fsp3) is 0.429. The molecule has 1 aliphatic heterocycles. The predicted octanol–water partition coefficient (Wildman–Crippen LogP) is 1.55. The highest BCUT2D eigenvalue weighted by atomic mass is 35.5. The van der Waals surface area contributed by atoms with E-state index >= 15 is 0 Å². The fourth-order valence-corrected chi connectivity index (χ4v) is 1.46. The number of rotatable bonds is 2. The molecule has 66 valence electrons. The Kier molecular flexibility index (Phi) is 3.26. The zero-order chi connectivity index (χ0) is 9.14. The van der Waals surface area contributed by atoms with Crippen molar-refractivity contribution in [3.05, 3.63) is 11.2 Å². The molecular formula is C7H7Cl2NO2. The van der Waals surface area contributed by atoms with Crippen LogP contribution in [0, 0.1) is 5.92 Å². The Balaban J connectivity index is 2.90. The van der Waals surface area contributed by atoms with Crippen LogP contribution in [0.4, 0.5) is 0 Å². The van der Waals surface area contributed by atoms with E-state index in [-0.39, 0.29) is 10.3 Å². The number of aliphatic imine (C=N–C) groups is 1. The first-order valence-electron chi connectivity index (χ1n) is 3.28. The van der Waals surface area contributed by atoms with Gasteiger partial charge < -0.3 is 9.53 Å². The highest BCUT2D eigenvalue weighted by Crippen LogP contribution is 2.22. The molecule has 0 spiro atoms. The van der Waals surface area contributed by atoms with Crippen LogP contribution in [0.2, 0.25) is 0 Å². The summed E-state index contributed by atoms with van der Waals surface area (Å²) in [4.78, 5) is 14.3. The summed E-state index contributed by atoms with van der Waals surface area (Å²) < 4.78 is 4.98. The van der Waals surface area contributed by atoms with Crippen LogP contribution >= 0.6 is 23.2 Å². The Bertz CT molecular complexity index is 250. The van der Waals surface area contributed by atoms with Gasteiger partial charge in [-0.2, -0.15) is 0 Å². The number of nitrogens with zero attached hydrogens (tertiary/aromatic N) is 1. The van der Waals surface area contributed by atoms with Gasteiger partial charge in [-0.3, -0.25) is 0 Å². The SMILES string of the molecule is COC1C=C(Cl)N=C(Cl)C1C=O. The van der Waals surface area contributed by atoms with Crippen molar-refractivity contribution in [2.45, 2.75) is 6.10 Å². The standard InChI is InChI=1S/C7H7Cl2NO2/c1-12-5-2-6(8)10-7(9)4(5)3-11/h2-5H,1H3. The molecule has 5 heteroatoms. The summed E-state index contributed by atoms with van der Waals surface area (Å²) in [5, 5.41) is 0.425. The molecule has 0 aromatic carbocycles. The van der Waals surface area contributed by atoms with Gasteiger partial charge in [-0.15, -0.1) is 0 Å². The molecule has 1 aliphatic rings. The minimum atomic E-state index is -0.529. The van der Waals surface area contributed by atoms with Crippen molar-refractivity contribution in [2.75, 3.05) is 7.11 Å². The van der Waals surface area contributed by atoms with E-state index < -0.39 is 12.0 Å². The molecule has 2 unspecified atom stereocenters. The van der Waals surface area contributed by atoms with Crippen molar-refractivity contribution in [1.29, 1.82) is 0 Å². The number of hydrogen-bond acceptors (Lipinski definition) is 3. The summed E-state index contributed by atoms with van der Waals surface area (Å²) in [5.74, 6) is -0.529. The Morgan fingerprint density at radius 2 is 2.33 bits per heavy atom. The van der Waals surface area contributed by atoms with Crippen LogP contribution in [0.5, 0.6) is 0 Å². The van der Waals surface area contributed by atoms with Crippen LogP contribution < -0.4 is 0 Å². The van der Waals surface area contributed by atoms with E-state index in [9.17, 15) is 4.79 Å². The van der Waals surface area contributed by atoms with E-state index in [0.29, 0.717) is 6.29 Å². The summed E-state index contributed by atoms with van der Waals surface area (Å²) in [7, 11) is 1.48.